The molecule has 4 nitrogen and oxygen atoms in total. The zero-order chi connectivity index (χ0) is 14.6. The van der Waals surface area contributed by atoms with Crippen molar-refractivity contribution in [3.8, 4) is 0 Å². The van der Waals surface area contributed by atoms with Crippen molar-refractivity contribution in [3.63, 3.8) is 0 Å². The van der Waals surface area contributed by atoms with Crippen LogP contribution in [0.4, 0.5) is 4.79 Å². The molecular weight excluding hydrogens is 272 g/mol. The van der Waals surface area contributed by atoms with Crippen molar-refractivity contribution >= 4 is 17.4 Å². The molecule has 1 aliphatic heterocycles. The molecule has 0 N–H and O–H groups in total. The van der Waals surface area contributed by atoms with Gasteiger partial charge in [-0.25, -0.2) is 4.79 Å². The lowest BCUT2D eigenvalue weighted by atomic mass is 10.2. The zero-order valence-corrected chi connectivity index (χ0v) is 13.4. The third-order valence-electron chi connectivity index (χ3n) is 3.23. The van der Waals surface area contributed by atoms with E-state index in [4.69, 9.17) is 4.74 Å². The Morgan fingerprint density at radius 3 is 2.75 bits per heavy atom. The van der Waals surface area contributed by atoms with Crippen LogP contribution in [0.3, 0.4) is 0 Å². The number of hydrogen-bond acceptors (Lipinski definition) is 4. The van der Waals surface area contributed by atoms with E-state index >= 15 is 0 Å². The summed E-state index contributed by atoms with van der Waals surface area (Å²) >= 11 is 1.73. The fourth-order valence-corrected chi connectivity index (χ4v) is 2.94. The first-order valence-corrected chi connectivity index (χ1v) is 8.10. The van der Waals surface area contributed by atoms with Gasteiger partial charge in [0.1, 0.15) is 5.60 Å². The molecule has 0 spiro atoms. The monoisotopic (exact) mass is 296 g/mol. The van der Waals surface area contributed by atoms with Crippen LogP contribution in [0, 0.1) is 0 Å². The van der Waals surface area contributed by atoms with Crippen LogP contribution < -0.4 is 0 Å². The van der Waals surface area contributed by atoms with Crippen LogP contribution in [0.25, 0.3) is 0 Å². The molecule has 0 bridgehead atoms. The zero-order valence-electron chi connectivity index (χ0n) is 12.6. The molecule has 0 aliphatic carbocycles. The number of rotatable bonds is 2. The summed E-state index contributed by atoms with van der Waals surface area (Å²) in [6, 6.07) is 2.17. The van der Waals surface area contributed by atoms with Crippen molar-refractivity contribution in [2.75, 3.05) is 26.2 Å². The van der Waals surface area contributed by atoms with Gasteiger partial charge in [0.25, 0.3) is 0 Å². The van der Waals surface area contributed by atoms with Crippen molar-refractivity contribution in [1.29, 1.82) is 0 Å². The lowest BCUT2D eigenvalue weighted by molar-refractivity contribution is 0.0257. The molecule has 2 rings (SSSR count). The Morgan fingerprint density at radius 2 is 2.10 bits per heavy atom. The van der Waals surface area contributed by atoms with Crippen molar-refractivity contribution in [1.82, 2.24) is 9.80 Å². The molecule has 1 aromatic heterocycles. The first-order chi connectivity index (χ1) is 9.44. The maximum atomic E-state index is 12.1. The van der Waals surface area contributed by atoms with Gasteiger partial charge in [0.05, 0.1) is 0 Å². The lowest BCUT2D eigenvalue weighted by Crippen LogP contribution is -2.39. The van der Waals surface area contributed by atoms with E-state index in [0.29, 0.717) is 0 Å². The second kappa shape index (κ2) is 6.59. The number of thiophene rings is 1. The van der Waals surface area contributed by atoms with Gasteiger partial charge in [-0.2, -0.15) is 11.3 Å². The maximum absolute atomic E-state index is 12.1. The molecule has 1 fully saturated rings. The largest absolute Gasteiger partial charge is 0.444 e. The number of carbonyl (C=O) groups excluding carboxylic acids is 1. The smallest absolute Gasteiger partial charge is 0.410 e. The SMILES string of the molecule is CC(C)(C)OC(=O)N1CCCN(Cc2ccsc2)CC1. The van der Waals surface area contributed by atoms with E-state index in [-0.39, 0.29) is 6.09 Å². The van der Waals surface area contributed by atoms with Gasteiger partial charge in [0.15, 0.2) is 0 Å². The van der Waals surface area contributed by atoms with Crippen molar-refractivity contribution in [2.24, 2.45) is 0 Å². The van der Waals surface area contributed by atoms with Crippen LogP contribution in [0.5, 0.6) is 0 Å². The molecule has 0 aromatic carbocycles. The van der Waals surface area contributed by atoms with E-state index in [1.165, 1.54) is 5.56 Å². The van der Waals surface area contributed by atoms with Crippen LogP contribution in [0.15, 0.2) is 16.8 Å². The molecule has 1 aromatic rings. The minimum atomic E-state index is -0.417. The summed E-state index contributed by atoms with van der Waals surface area (Å²) in [4.78, 5) is 16.3. The number of nitrogens with zero attached hydrogens (tertiary/aromatic N) is 2. The normalized spacial score (nSPS) is 17.9. The summed E-state index contributed by atoms with van der Waals surface area (Å²) in [6.45, 7) is 10.2. The number of amides is 1. The van der Waals surface area contributed by atoms with Gasteiger partial charge in [0.2, 0.25) is 0 Å². The standard InChI is InChI=1S/C15H24N2O2S/c1-15(2,3)19-14(18)17-7-4-6-16(8-9-17)11-13-5-10-20-12-13/h5,10,12H,4,6-9,11H2,1-3H3. The van der Waals surface area contributed by atoms with Crippen LogP contribution >= 0.6 is 11.3 Å². The predicted molar refractivity (Wildman–Crippen MR) is 82.0 cm³/mol. The first-order valence-electron chi connectivity index (χ1n) is 7.15. The summed E-state index contributed by atoms with van der Waals surface area (Å²) in [5, 5.41) is 4.30. The molecular formula is C15H24N2O2S. The maximum Gasteiger partial charge on any atom is 0.410 e. The van der Waals surface area contributed by atoms with Crippen molar-refractivity contribution in [2.45, 2.75) is 39.3 Å². The fourth-order valence-electron chi connectivity index (χ4n) is 2.28. The molecule has 0 saturated carbocycles. The Hall–Kier alpha value is -1.07. The van der Waals surface area contributed by atoms with Crippen LogP contribution in [0.2, 0.25) is 0 Å². The fraction of sp³-hybridized carbons (Fsp3) is 0.667. The molecule has 0 unspecified atom stereocenters. The molecule has 0 radical (unpaired) electrons. The predicted octanol–water partition coefficient (Wildman–Crippen LogP) is 3.19. The summed E-state index contributed by atoms with van der Waals surface area (Å²) in [6.07, 6.45) is 0.818. The summed E-state index contributed by atoms with van der Waals surface area (Å²) < 4.78 is 5.44. The third-order valence-corrected chi connectivity index (χ3v) is 3.96. The summed E-state index contributed by atoms with van der Waals surface area (Å²) in [5.74, 6) is 0. The topological polar surface area (TPSA) is 32.8 Å². The molecule has 0 atom stereocenters. The average Bonchev–Trinajstić information content (AvgIpc) is 2.72. The van der Waals surface area contributed by atoms with Crippen molar-refractivity contribution in [3.05, 3.63) is 22.4 Å². The lowest BCUT2D eigenvalue weighted by Gasteiger charge is -2.26. The van der Waals surface area contributed by atoms with Crippen LogP contribution in [-0.2, 0) is 11.3 Å². The highest BCUT2D eigenvalue weighted by atomic mass is 32.1. The molecule has 5 heteroatoms. The van der Waals surface area contributed by atoms with Crippen molar-refractivity contribution < 1.29 is 9.53 Å². The van der Waals surface area contributed by atoms with E-state index < -0.39 is 5.60 Å². The van der Waals surface area contributed by atoms with Gasteiger partial charge in [-0.05, 0) is 49.6 Å². The molecule has 112 valence electrons. The number of hydrogen-bond donors (Lipinski definition) is 0. The Bertz CT molecular complexity index is 426. The Morgan fingerprint density at radius 1 is 1.30 bits per heavy atom. The second-order valence-corrected chi connectivity index (χ2v) is 7.01. The Labute approximate surface area is 125 Å². The van der Waals surface area contributed by atoms with Crippen LogP contribution in [-0.4, -0.2) is 47.7 Å². The average molecular weight is 296 g/mol. The minimum Gasteiger partial charge on any atom is -0.444 e. The number of ether oxygens (including phenoxy) is 1. The molecule has 2 heterocycles. The van der Waals surface area contributed by atoms with Gasteiger partial charge in [-0.1, -0.05) is 0 Å². The van der Waals surface area contributed by atoms with E-state index in [2.05, 4.69) is 21.7 Å². The Balaban J connectivity index is 1.84. The van der Waals surface area contributed by atoms with Gasteiger partial charge >= 0.3 is 6.09 Å². The molecule has 20 heavy (non-hydrogen) atoms. The van der Waals surface area contributed by atoms with Crippen LogP contribution in [0.1, 0.15) is 32.8 Å². The summed E-state index contributed by atoms with van der Waals surface area (Å²) in [7, 11) is 0. The van der Waals surface area contributed by atoms with Gasteiger partial charge in [-0.15, -0.1) is 0 Å². The van der Waals surface area contributed by atoms with E-state index in [1.54, 1.807) is 11.3 Å². The highest BCUT2D eigenvalue weighted by Crippen LogP contribution is 2.14. The number of carbonyl (C=O) groups is 1. The highest BCUT2D eigenvalue weighted by Gasteiger charge is 2.24. The molecule has 1 amide bonds. The van der Waals surface area contributed by atoms with E-state index in [1.807, 2.05) is 25.7 Å². The third kappa shape index (κ3) is 4.80. The first kappa shape index (κ1) is 15.3. The van der Waals surface area contributed by atoms with Gasteiger partial charge in [0, 0.05) is 32.7 Å². The second-order valence-electron chi connectivity index (χ2n) is 6.23. The van der Waals surface area contributed by atoms with Gasteiger partial charge < -0.3 is 9.64 Å². The summed E-state index contributed by atoms with van der Waals surface area (Å²) in [5.41, 5.74) is 0.945. The minimum absolute atomic E-state index is 0.185. The molecule has 1 aliphatic rings. The highest BCUT2D eigenvalue weighted by molar-refractivity contribution is 7.07. The van der Waals surface area contributed by atoms with Gasteiger partial charge in [-0.3, -0.25) is 4.90 Å². The molecule has 1 saturated heterocycles. The Kier molecular flexibility index (Phi) is 5.05. The van der Waals surface area contributed by atoms with E-state index in [0.717, 1.165) is 39.1 Å². The van der Waals surface area contributed by atoms with E-state index in [9.17, 15) is 4.79 Å². The quantitative estimate of drug-likeness (QED) is 0.840.